The molecule has 0 spiro atoms. The van der Waals surface area contributed by atoms with Crippen LogP contribution in [0.5, 0.6) is 5.75 Å². The van der Waals surface area contributed by atoms with E-state index in [0.29, 0.717) is 5.56 Å². The minimum absolute atomic E-state index is 0. The van der Waals surface area contributed by atoms with E-state index < -0.39 is 23.0 Å². The monoisotopic (exact) mass is 249 g/mol. The molecule has 0 aliphatic heterocycles. The third-order valence-corrected chi connectivity index (χ3v) is 2.58. The fraction of sp³-hybridized carbons (Fsp3) is 0.455. The summed E-state index contributed by atoms with van der Waals surface area (Å²) in [6, 6.07) is 3.54. The van der Waals surface area contributed by atoms with Crippen LogP contribution in [0, 0.1) is 11.2 Å². The Morgan fingerprint density at radius 2 is 2.00 bits per heavy atom. The van der Waals surface area contributed by atoms with Gasteiger partial charge < -0.3 is 15.9 Å². The molecule has 0 saturated carbocycles. The van der Waals surface area contributed by atoms with Crippen molar-refractivity contribution in [3.8, 4) is 5.75 Å². The topological polar surface area (TPSA) is 66.5 Å². The van der Waals surface area contributed by atoms with Gasteiger partial charge in [0.05, 0.1) is 0 Å². The highest BCUT2D eigenvalue weighted by Crippen LogP contribution is 2.32. The van der Waals surface area contributed by atoms with Crippen molar-refractivity contribution in [2.24, 2.45) is 11.1 Å². The molecule has 92 valence electrons. The van der Waals surface area contributed by atoms with Crippen molar-refractivity contribution in [3.63, 3.8) is 0 Å². The number of benzene rings is 1. The number of phenols is 1. The van der Waals surface area contributed by atoms with Gasteiger partial charge in [-0.25, -0.2) is 4.39 Å². The van der Waals surface area contributed by atoms with Crippen molar-refractivity contribution >= 4 is 12.4 Å². The lowest BCUT2D eigenvalue weighted by Gasteiger charge is -2.29. The van der Waals surface area contributed by atoms with Crippen LogP contribution >= 0.6 is 12.4 Å². The van der Waals surface area contributed by atoms with Crippen molar-refractivity contribution in [2.75, 3.05) is 6.61 Å². The van der Waals surface area contributed by atoms with Crippen LogP contribution in [0.4, 0.5) is 4.39 Å². The Morgan fingerprint density at radius 1 is 1.44 bits per heavy atom. The number of aliphatic hydroxyl groups excluding tert-OH is 1. The maximum Gasteiger partial charge on any atom is 0.165 e. The number of aliphatic hydroxyl groups is 1. The molecular weight excluding hydrogens is 233 g/mol. The van der Waals surface area contributed by atoms with E-state index in [1.54, 1.807) is 19.9 Å². The molecule has 1 aromatic carbocycles. The van der Waals surface area contributed by atoms with Crippen LogP contribution in [0.1, 0.15) is 25.5 Å². The van der Waals surface area contributed by atoms with E-state index in [9.17, 15) is 4.39 Å². The molecule has 0 radical (unpaired) electrons. The van der Waals surface area contributed by atoms with Gasteiger partial charge in [0.15, 0.2) is 11.6 Å². The van der Waals surface area contributed by atoms with Crippen LogP contribution in [0.15, 0.2) is 18.2 Å². The zero-order valence-corrected chi connectivity index (χ0v) is 10.1. The molecule has 0 aliphatic rings. The molecule has 4 N–H and O–H groups in total. The lowest BCUT2D eigenvalue weighted by atomic mass is 9.82. The van der Waals surface area contributed by atoms with E-state index in [0.717, 1.165) is 0 Å². The maximum atomic E-state index is 13.1. The summed E-state index contributed by atoms with van der Waals surface area (Å²) in [6.45, 7) is 3.50. The summed E-state index contributed by atoms with van der Waals surface area (Å²) in [5.41, 5.74) is 5.93. The minimum Gasteiger partial charge on any atom is -0.505 e. The van der Waals surface area contributed by atoms with Gasteiger partial charge in [-0.3, -0.25) is 0 Å². The van der Waals surface area contributed by atoms with Crippen LogP contribution in [0.25, 0.3) is 0 Å². The van der Waals surface area contributed by atoms with Crippen molar-refractivity contribution in [3.05, 3.63) is 29.6 Å². The Hall–Kier alpha value is -0.840. The molecule has 16 heavy (non-hydrogen) atoms. The zero-order valence-electron chi connectivity index (χ0n) is 9.27. The smallest absolute Gasteiger partial charge is 0.165 e. The number of rotatable bonds is 3. The molecular formula is C11H17ClFNO2. The molecule has 5 heteroatoms. The van der Waals surface area contributed by atoms with E-state index >= 15 is 0 Å². The molecule has 0 heterocycles. The van der Waals surface area contributed by atoms with Crippen molar-refractivity contribution in [2.45, 2.75) is 19.9 Å². The van der Waals surface area contributed by atoms with Crippen LogP contribution in [-0.2, 0) is 0 Å². The zero-order chi connectivity index (χ0) is 11.6. The van der Waals surface area contributed by atoms with Crippen LogP contribution in [-0.4, -0.2) is 16.8 Å². The average Bonchev–Trinajstić information content (AvgIpc) is 2.21. The van der Waals surface area contributed by atoms with E-state index in [2.05, 4.69) is 0 Å². The predicted molar refractivity (Wildman–Crippen MR) is 63.1 cm³/mol. The molecule has 0 aliphatic carbocycles. The first kappa shape index (κ1) is 15.2. The highest BCUT2D eigenvalue weighted by atomic mass is 35.5. The first-order valence-corrected chi connectivity index (χ1v) is 4.73. The quantitative estimate of drug-likeness (QED) is 0.767. The van der Waals surface area contributed by atoms with Gasteiger partial charge in [-0.2, -0.15) is 0 Å². The Labute approximate surface area is 101 Å². The van der Waals surface area contributed by atoms with Gasteiger partial charge in [-0.05, 0) is 17.7 Å². The summed E-state index contributed by atoms with van der Waals surface area (Å²) in [6.07, 6.45) is 0. The summed E-state index contributed by atoms with van der Waals surface area (Å²) >= 11 is 0. The number of hydrogen-bond acceptors (Lipinski definition) is 3. The average molecular weight is 250 g/mol. The third-order valence-electron chi connectivity index (χ3n) is 2.58. The third kappa shape index (κ3) is 3.07. The molecule has 1 atom stereocenters. The Balaban J connectivity index is 0.00000225. The number of hydrogen-bond donors (Lipinski definition) is 3. The Bertz CT molecular complexity index is 358. The second-order valence-electron chi connectivity index (χ2n) is 4.34. The van der Waals surface area contributed by atoms with Gasteiger partial charge in [-0.15, -0.1) is 12.4 Å². The van der Waals surface area contributed by atoms with Gasteiger partial charge in [-0.1, -0.05) is 19.9 Å². The second-order valence-corrected chi connectivity index (χ2v) is 4.34. The molecule has 1 rings (SSSR count). The largest absolute Gasteiger partial charge is 0.505 e. The van der Waals surface area contributed by atoms with Gasteiger partial charge in [0, 0.05) is 18.1 Å². The van der Waals surface area contributed by atoms with Crippen molar-refractivity contribution < 1.29 is 14.6 Å². The Morgan fingerprint density at radius 3 is 2.44 bits per heavy atom. The summed E-state index contributed by atoms with van der Waals surface area (Å²) < 4.78 is 13.1. The lowest BCUT2D eigenvalue weighted by Crippen LogP contribution is -2.32. The lowest BCUT2D eigenvalue weighted by molar-refractivity contribution is 0.132. The molecule has 1 aromatic rings. The Kier molecular flexibility index (Phi) is 5.19. The summed E-state index contributed by atoms with van der Waals surface area (Å²) in [5.74, 6) is -1.09. The molecule has 0 amide bonds. The van der Waals surface area contributed by atoms with E-state index in [1.807, 2.05) is 0 Å². The molecule has 0 unspecified atom stereocenters. The summed E-state index contributed by atoms with van der Waals surface area (Å²) in [4.78, 5) is 0. The molecule has 0 saturated heterocycles. The van der Waals surface area contributed by atoms with Crippen molar-refractivity contribution in [1.29, 1.82) is 0 Å². The number of halogens is 2. The number of nitrogens with two attached hydrogens (primary N) is 1. The SMILES string of the molecule is CC(C)(CO)[C@@H](N)c1ccc(O)c(F)c1.Cl. The standard InChI is InChI=1S/C11H16FNO2.ClH/c1-11(2,6-14)10(13)7-3-4-9(15)8(12)5-7;/h3-5,10,14-15H,6,13H2,1-2H3;1H/t10-;/m0./s1. The van der Waals surface area contributed by atoms with E-state index in [4.69, 9.17) is 15.9 Å². The van der Waals surface area contributed by atoms with Gasteiger partial charge >= 0.3 is 0 Å². The first-order valence-electron chi connectivity index (χ1n) is 4.73. The van der Waals surface area contributed by atoms with Gasteiger partial charge in [0.1, 0.15) is 0 Å². The maximum absolute atomic E-state index is 13.1. The van der Waals surface area contributed by atoms with E-state index in [-0.39, 0.29) is 19.0 Å². The summed E-state index contributed by atoms with van der Waals surface area (Å²) in [5, 5.41) is 18.1. The predicted octanol–water partition coefficient (Wildman–Crippen LogP) is 1.97. The van der Waals surface area contributed by atoms with Gasteiger partial charge in [0.25, 0.3) is 0 Å². The highest BCUT2D eigenvalue weighted by molar-refractivity contribution is 5.85. The molecule has 0 bridgehead atoms. The van der Waals surface area contributed by atoms with Crippen LogP contribution in [0.3, 0.4) is 0 Å². The number of phenolic OH excluding ortho intramolecular Hbond substituents is 1. The van der Waals surface area contributed by atoms with Crippen LogP contribution < -0.4 is 5.73 Å². The normalized spacial score (nSPS) is 13.1. The number of aromatic hydroxyl groups is 1. The highest BCUT2D eigenvalue weighted by Gasteiger charge is 2.27. The minimum atomic E-state index is -0.698. The van der Waals surface area contributed by atoms with Crippen LogP contribution in [0.2, 0.25) is 0 Å². The van der Waals surface area contributed by atoms with Crippen molar-refractivity contribution in [1.82, 2.24) is 0 Å². The fourth-order valence-corrected chi connectivity index (χ4v) is 1.27. The fourth-order valence-electron chi connectivity index (χ4n) is 1.27. The summed E-state index contributed by atoms with van der Waals surface area (Å²) in [7, 11) is 0. The molecule has 0 aromatic heterocycles. The van der Waals surface area contributed by atoms with Gasteiger partial charge in [0.2, 0.25) is 0 Å². The second kappa shape index (κ2) is 5.48. The first-order chi connectivity index (χ1) is 6.88. The molecule has 3 nitrogen and oxygen atoms in total. The van der Waals surface area contributed by atoms with E-state index in [1.165, 1.54) is 12.1 Å². The molecule has 0 fully saturated rings.